The summed E-state index contributed by atoms with van der Waals surface area (Å²) >= 11 is 0. The number of ketones is 1. The maximum absolute atomic E-state index is 14.4. The van der Waals surface area contributed by atoms with E-state index in [1.165, 1.54) is 0 Å². The van der Waals surface area contributed by atoms with Crippen LogP contribution in [0.4, 0.5) is 52.7 Å². The van der Waals surface area contributed by atoms with Crippen LogP contribution in [-0.2, 0) is 18.5 Å². The topological polar surface area (TPSA) is 67.8 Å². The van der Waals surface area contributed by atoms with E-state index in [9.17, 15) is 62.3 Å². The summed E-state index contributed by atoms with van der Waals surface area (Å²) in [4.78, 5) is 27.5. The Hall–Kier alpha value is -3.79. The summed E-state index contributed by atoms with van der Waals surface area (Å²) in [6.07, 6.45) is -16.4. The largest absolute Gasteiger partial charge is 0.436 e. The highest BCUT2D eigenvalue weighted by molar-refractivity contribution is 6.09. The van der Waals surface area contributed by atoms with E-state index >= 15 is 0 Å². The number of carbonyl (C=O) groups excluding carboxylic acids is 1. The zero-order valence-electron chi connectivity index (χ0n) is 17.0. The van der Waals surface area contributed by atoms with Crippen LogP contribution in [0.25, 0.3) is 5.69 Å². The highest BCUT2D eigenvalue weighted by atomic mass is 19.4. The summed E-state index contributed by atoms with van der Waals surface area (Å²) in [7, 11) is 0. The fourth-order valence-electron chi connectivity index (χ4n) is 3.09. The molecule has 36 heavy (non-hydrogen) atoms. The Bertz CT molecular complexity index is 1400. The number of nitrogens with zero attached hydrogens (tertiary/aromatic N) is 2. The highest BCUT2D eigenvalue weighted by Gasteiger charge is 2.41. The van der Waals surface area contributed by atoms with Crippen LogP contribution in [0.15, 0.2) is 23.0 Å². The molecule has 1 N–H and O–H groups in total. The van der Waals surface area contributed by atoms with Gasteiger partial charge in [0.1, 0.15) is 11.3 Å². The minimum Gasteiger partial charge on any atom is -0.294 e. The average Bonchev–Trinajstić information content (AvgIpc) is 3.01. The first kappa shape index (κ1) is 26.8. The second-order valence-electron chi connectivity index (χ2n) is 7.10. The number of halogens is 12. The SMILES string of the molecule is Cc1[nH]n(-c2c(F)c(F)nc(C(F)(F)F)c2F)c(=O)c1C(=O)c1cc(C(F)(F)F)cc(C(F)(F)F)c1. The van der Waals surface area contributed by atoms with Gasteiger partial charge in [0.2, 0.25) is 11.6 Å². The number of rotatable bonds is 3. The molecule has 0 radical (unpaired) electrons. The number of benzene rings is 1. The number of nitrogens with one attached hydrogen (secondary N) is 1. The van der Waals surface area contributed by atoms with Crippen LogP contribution in [-0.4, -0.2) is 20.5 Å². The first-order valence-electron chi connectivity index (χ1n) is 9.03. The third kappa shape index (κ3) is 4.68. The van der Waals surface area contributed by atoms with E-state index in [4.69, 9.17) is 0 Å². The predicted molar refractivity (Wildman–Crippen MR) is 93.7 cm³/mol. The monoisotopic (exact) mass is 537 g/mol. The van der Waals surface area contributed by atoms with Crippen LogP contribution < -0.4 is 5.56 Å². The molecule has 0 spiro atoms. The molecule has 0 aliphatic rings. The molecule has 17 heteroatoms. The molecule has 0 aliphatic heterocycles. The minimum atomic E-state index is -5.68. The number of alkyl halides is 9. The van der Waals surface area contributed by atoms with Crippen LogP contribution in [0.1, 0.15) is 38.4 Å². The van der Waals surface area contributed by atoms with Gasteiger partial charge in [0.25, 0.3) is 11.5 Å². The maximum Gasteiger partial charge on any atom is 0.436 e. The van der Waals surface area contributed by atoms with Crippen molar-refractivity contribution in [3.63, 3.8) is 0 Å². The Balaban J connectivity index is 2.28. The van der Waals surface area contributed by atoms with E-state index in [1.807, 2.05) is 0 Å². The standard InChI is InChI=1S/C19H7F12N3O2/c1-5-9(13(35)6-2-7(17(23,24)25)4-8(3-6)18(26,27)28)16(36)34(33-5)12-10(20)14(19(29,30)31)32-15(22)11(12)21/h2-4,33H,1H3. The van der Waals surface area contributed by atoms with Crippen molar-refractivity contribution in [1.29, 1.82) is 0 Å². The molecule has 2 aromatic heterocycles. The van der Waals surface area contributed by atoms with Gasteiger partial charge in [-0.05, 0) is 25.1 Å². The molecule has 0 fully saturated rings. The van der Waals surface area contributed by atoms with Crippen molar-refractivity contribution in [1.82, 2.24) is 14.8 Å². The molecular formula is C19H7F12N3O2. The van der Waals surface area contributed by atoms with Crippen LogP contribution in [0.2, 0.25) is 0 Å². The molecule has 0 saturated heterocycles. The van der Waals surface area contributed by atoms with E-state index in [2.05, 4.69) is 4.98 Å². The number of aromatic nitrogens is 3. The third-order valence-corrected chi connectivity index (χ3v) is 4.66. The fraction of sp³-hybridized carbons (Fsp3) is 0.211. The van der Waals surface area contributed by atoms with Gasteiger partial charge in [-0.1, -0.05) is 0 Å². The Kier molecular flexibility index (Phi) is 6.26. The van der Waals surface area contributed by atoms with E-state index in [0.29, 0.717) is 0 Å². The van der Waals surface area contributed by atoms with Crippen LogP contribution in [0, 0.1) is 24.5 Å². The zero-order valence-corrected chi connectivity index (χ0v) is 17.0. The quantitative estimate of drug-likeness (QED) is 0.270. The molecule has 0 bridgehead atoms. The van der Waals surface area contributed by atoms with Crippen molar-refractivity contribution >= 4 is 5.78 Å². The first-order valence-corrected chi connectivity index (χ1v) is 9.03. The van der Waals surface area contributed by atoms with Gasteiger partial charge in [0.05, 0.1) is 11.1 Å². The zero-order chi connectivity index (χ0) is 27.5. The van der Waals surface area contributed by atoms with Crippen molar-refractivity contribution < 1.29 is 57.5 Å². The molecule has 0 amide bonds. The molecule has 3 aromatic rings. The second-order valence-corrected chi connectivity index (χ2v) is 7.10. The molecular weight excluding hydrogens is 530 g/mol. The Morgan fingerprint density at radius 3 is 1.78 bits per heavy atom. The lowest BCUT2D eigenvalue weighted by Crippen LogP contribution is -2.25. The van der Waals surface area contributed by atoms with Gasteiger partial charge in [-0.2, -0.15) is 48.3 Å². The summed E-state index contributed by atoms with van der Waals surface area (Å²) in [5, 5.41) is 1.75. The molecule has 194 valence electrons. The number of hydrogen-bond acceptors (Lipinski definition) is 3. The van der Waals surface area contributed by atoms with E-state index < -0.39 is 91.5 Å². The Labute approximate surface area is 190 Å². The van der Waals surface area contributed by atoms with Gasteiger partial charge in [-0.25, -0.2) is 14.1 Å². The average molecular weight is 537 g/mol. The van der Waals surface area contributed by atoms with E-state index in [0.717, 1.165) is 6.92 Å². The van der Waals surface area contributed by atoms with Crippen molar-refractivity contribution in [2.45, 2.75) is 25.5 Å². The molecule has 5 nitrogen and oxygen atoms in total. The van der Waals surface area contributed by atoms with Gasteiger partial charge < -0.3 is 0 Å². The highest BCUT2D eigenvalue weighted by Crippen LogP contribution is 2.37. The maximum atomic E-state index is 14.4. The summed E-state index contributed by atoms with van der Waals surface area (Å²) in [6, 6.07) is -0.395. The molecule has 0 atom stereocenters. The number of carbonyl (C=O) groups is 1. The smallest absolute Gasteiger partial charge is 0.294 e. The van der Waals surface area contributed by atoms with Crippen molar-refractivity contribution in [2.75, 3.05) is 0 Å². The van der Waals surface area contributed by atoms with Crippen LogP contribution in [0.5, 0.6) is 0 Å². The third-order valence-electron chi connectivity index (χ3n) is 4.66. The number of aromatic amines is 1. The van der Waals surface area contributed by atoms with Gasteiger partial charge in [0.15, 0.2) is 11.5 Å². The fourth-order valence-corrected chi connectivity index (χ4v) is 3.09. The summed E-state index contributed by atoms with van der Waals surface area (Å²) in [5.74, 6) is -9.32. The molecule has 2 heterocycles. The lowest BCUT2D eigenvalue weighted by molar-refractivity contribution is -0.145. The summed E-state index contributed by atoms with van der Waals surface area (Å²) in [5.41, 5.74) is -13.7. The molecule has 0 unspecified atom stereocenters. The van der Waals surface area contributed by atoms with Crippen molar-refractivity contribution in [3.8, 4) is 5.69 Å². The minimum absolute atomic E-state index is 0.0389. The molecule has 3 rings (SSSR count). The van der Waals surface area contributed by atoms with Gasteiger partial charge >= 0.3 is 18.5 Å². The number of pyridine rings is 1. The Morgan fingerprint density at radius 2 is 1.33 bits per heavy atom. The summed E-state index contributed by atoms with van der Waals surface area (Å²) < 4.78 is 159. The van der Waals surface area contributed by atoms with Crippen LogP contribution >= 0.6 is 0 Å². The van der Waals surface area contributed by atoms with Gasteiger partial charge in [-0.15, -0.1) is 0 Å². The predicted octanol–water partition coefficient (Wildman–Crippen LogP) is 5.57. The molecule has 1 aromatic carbocycles. The van der Waals surface area contributed by atoms with Gasteiger partial charge in [0, 0.05) is 11.3 Å². The van der Waals surface area contributed by atoms with Gasteiger partial charge in [-0.3, -0.25) is 14.7 Å². The first-order chi connectivity index (χ1) is 16.2. The lowest BCUT2D eigenvalue weighted by atomic mass is 9.98. The normalized spacial score (nSPS) is 12.8. The molecule has 0 saturated carbocycles. The molecule has 0 aliphatic carbocycles. The van der Waals surface area contributed by atoms with E-state index in [-0.39, 0.29) is 18.2 Å². The number of H-pyrrole nitrogens is 1. The second kappa shape index (κ2) is 8.41. The van der Waals surface area contributed by atoms with E-state index in [1.54, 1.807) is 5.10 Å². The lowest BCUT2D eigenvalue weighted by Gasteiger charge is -2.13. The number of hydrogen-bond donors (Lipinski definition) is 1. The van der Waals surface area contributed by atoms with Crippen molar-refractivity contribution in [3.05, 3.63) is 79.8 Å². The Morgan fingerprint density at radius 1 is 0.833 bits per heavy atom. The van der Waals surface area contributed by atoms with Crippen LogP contribution in [0.3, 0.4) is 0 Å². The van der Waals surface area contributed by atoms with Crippen molar-refractivity contribution in [2.24, 2.45) is 0 Å². The summed E-state index contributed by atoms with van der Waals surface area (Å²) in [6.45, 7) is 0.793. The number of aryl methyl sites for hydroxylation is 1.